The zero-order chi connectivity index (χ0) is 10.0. The highest BCUT2D eigenvalue weighted by Crippen LogP contribution is 2.18. The predicted molar refractivity (Wildman–Crippen MR) is 54.7 cm³/mol. The summed E-state index contributed by atoms with van der Waals surface area (Å²) in [5, 5.41) is 0. The number of likely N-dealkylation sites (tertiary alicyclic amines) is 1. The average molecular weight is 183 g/mol. The predicted octanol–water partition coefficient (Wildman–Crippen LogP) is 1.94. The van der Waals surface area contributed by atoms with E-state index in [0.717, 1.165) is 19.5 Å². The molecule has 0 aromatic heterocycles. The molecule has 1 aliphatic heterocycles. The number of piperidine rings is 1. The number of rotatable bonds is 2. The number of ketones is 1. The molecule has 2 nitrogen and oxygen atoms in total. The van der Waals surface area contributed by atoms with Gasteiger partial charge >= 0.3 is 0 Å². The van der Waals surface area contributed by atoms with Crippen LogP contribution in [0.3, 0.4) is 0 Å². The van der Waals surface area contributed by atoms with Crippen LogP contribution in [0.1, 0.15) is 34.1 Å². The molecular formula is C11H21NO. The van der Waals surface area contributed by atoms with Crippen molar-refractivity contribution in [2.75, 3.05) is 13.1 Å². The Bertz CT molecular complexity index is 189. The van der Waals surface area contributed by atoms with Gasteiger partial charge in [-0.25, -0.2) is 0 Å². The summed E-state index contributed by atoms with van der Waals surface area (Å²) in [6, 6.07) is 0.607. The molecule has 0 radical (unpaired) electrons. The Morgan fingerprint density at radius 1 is 1.38 bits per heavy atom. The summed E-state index contributed by atoms with van der Waals surface area (Å²) < 4.78 is 0. The molecule has 1 heterocycles. The van der Waals surface area contributed by atoms with Crippen LogP contribution < -0.4 is 0 Å². The molecular weight excluding hydrogens is 162 g/mol. The highest BCUT2D eigenvalue weighted by atomic mass is 16.1. The van der Waals surface area contributed by atoms with Crippen LogP contribution in [0.4, 0.5) is 0 Å². The Labute approximate surface area is 81.3 Å². The third-order valence-corrected chi connectivity index (χ3v) is 3.24. The lowest BCUT2D eigenvalue weighted by molar-refractivity contribution is -0.126. The largest absolute Gasteiger partial charge is 0.299 e. The van der Waals surface area contributed by atoms with E-state index in [0.29, 0.717) is 17.7 Å². The molecule has 13 heavy (non-hydrogen) atoms. The van der Waals surface area contributed by atoms with Crippen LogP contribution in [0.15, 0.2) is 0 Å². The van der Waals surface area contributed by atoms with Gasteiger partial charge < -0.3 is 0 Å². The molecule has 2 heteroatoms. The van der Waals surface area contributed by atoms with Gasteiger partial charge in [0.2, 0.25) is 0 Å². The molecule has 1 rings (SSSR count). The Morgan fingerprint density at radius 2 is 2.00 bits per heavy atom. The van der Waals surface area contributed by atoms with Gasteiger partial charge in [-0.05, 0) is 12.8 Å². The first-order valence-electron chi connectivity index (χ1n) is 5.29. The second kappa shape index (κ2) is 4.23. The minimum Gasteiger partial charge on any atom is -0.299 e. The monoisotopic (exact) mass is 183 g/mol. The number of hydrogen-bond acceptors (Lipinski definition) is 2. The van der Waals surface area contributed by atoms with Crippen LogP contribution >= 0.6 is 0 Å². The van der Waals surface area contributed by atoms with Crippen LogP contribution in [-0.4, -0.2) is 29.8 Å². The second-order valence-corrected chi connectivity index (χ2v) is 4.60. The highest BCUT2D eigenvalue weighted by molar-refractivity contribution is 5.81. The maximum Gasteiger partial charge on any atom is 0.138 e. The lowest BCUT2D eigenvalue weighted by atomic mass is 9.95. The van der Waals surface area contributed by atoms with Crippen LogP contribution in [0.5, 0.6) is 0 Å². The summed E-state index contributed by atoms with van der Waals surface area (Å²) in [6.07, 6.45) is 0.748. The number of nitrogens with zero attached hydrogens (tertiary/aromatic N) is 1. The molecule has 0 N–H and O–H groups in total. The quantitative estimate of drug-likeness (QED) is 0.652. The zero-order valence-electron chi connectivity index (χ0n) is 9.21. The first kappa shape index (κ1) is 10.7. The van der Waals surface area contributed by atoms with Crippen molar-refractivity contribution in [1.29, 1.82) is 0 Å². The van der Waals surface area contributed by atoms with E-state index in [1.807, 2.05) is 6.92 Å². The van der Waals surface area contributed by atoms with Gasteiger partial charge in [-0.2, -0.15) is 0 Å². The number of Topliss-reactive ketones (excluding diaryl/α,β-unsaturated/α-hetero) is 1. The molecule has 0 spiro atoms. The maximum atomic E-state index is 11.3. The number of carbonyl (C=O) groups is 1. The summed E-state index contributed by atoms with van der Waals surface area (Å²) in [6.45, 7) is 10.7. The normalized spacial score (nSPS) is 28.1. The van der Waals surface area contributed by atoms with Gasteiger partial charge in [-0.3, -0.25) is 9.69 Å². The van der Waals surface area contributed by atoms with Gasteiger partial charge in [0.05, 0.1) is 0 Å². The van der Waals surface area contributed by atoms with Gasteiger partial charge in [-0.1, -0.05) is 20.8 Å². The standard InChI is InChI=1S/C11H21NO/c1-8(2)10(4)12-6-5-11(13)9(3)7-12/h8-10H,5-7H2,1-4H3. The summed E-state index contributed by atoms with van der Waals surface area (Å²) in [4.78, 5) is 13.7. The Morgan fingerprint density at radius 3 is 2.46 bits per heavy atom. The van der Waals surface area contributed by atoms with Crippen LogP contribution in [0, 0.1) is 11.8 Å². The smallest absolute Gasteiger partial charge is 0.138 e. The van der Waals surface area contributed by atoms with Gasteiger partial charge in [0.1, 0.15) is 5.78 Å². The third kappa shape index (κ3) is 2.53. The fourth-order valence-corrected chi connectivity index (χ4v) is 1.84. The molecule has 1 fully saturated rings. The first-order valence-corrected chi connectivity index (χ1v) is 5.29. The summed E-state index contributed by atoms with van der Waals surface area (Å²) in [7, 11) is 0. The van der Waals surface area contributed by atoms with E-state index in [9.17, 15) is 4.79 Å². The topological polar surface area (TPSA) is 20.3 Å². The first-order chi connectivity index (χ1) is 6.02. The molecule has 0 saturated carbocycles. The minimum atomic E-state index is 0.245. The van der Waals surface area contributed by atoms with E-state index in [-0.39, 0.29) is 5.92 Å². The summed E-state index contributed by atoms with van der Waals surface area (Å²) in [5.41, 5.74) is 0. The summed E-state index contributed by atoms with van der Waals surface area (Å²) >= 11 is 0. The van der Waals surface area contributed by atoms with Crippen LogP contribution in [0.2, 0.25) is 0 Å². The van der Waals surface area contributed by atoms with Crippen LogP contribution in [0.25, 0.3) is 0 Å². The van der Waals surface area contributed by atoms with E-state index in [1.54, 1.807) is 0 Å². The molecule has 0 aliphatic carbocycles. The van der Waals surface area contributed by atoms with E-state index < -0.39 is 0 Å². The second-order valence-electron chi connectivity index (χ2n) is 4.60. The lowest BCUT2D eigenvalue weighted by Gasteiger charge is -2.36. The van der Waals surface area contributed by atoms with E-state index in [2.05, 4.69) is 25.7 Å². The Hall–Kier alpha value is -0.370. The van der Waals surface area contributed by atoms with Crippen molar-refractivity contribution < 1.29 is 4.79 Å². The zero-order valence-corrected chi connectivity index (χ0v) is 9.21. The molecule has 0 amide bonds. The molecule has 1 saturated heterocycles. The molecule has 0 bridgehead atoms. The molecule has 76 valence electrons. The van der Waals surface area contributed by atoms with Crippen molar-refractivity contribution in [2.24, 2.45) is 11.8 Å². The van der Waals surface area contributed by atoms with E-state index >= 15 is 0 Å². The molecule has 2 atom stereocenters. The molecule has 2 unspecified atom stereocenters. The lowest BCUT2D eigenvalue weighted by Crippen LogP contribution is -2.46. The fraction of sp³-hybridized carbons (Fsp3) is 0.909. The van der Waals surface area contributed by atoms with Crippen molar-refractivity contribution in [3.8, 4) is 0 Å². The minimum absolute atomic E-state index is 0.245. The van der Waals surface area contributed by atoms with Gasteiger partial charge in [0.25, 0.3) is 0 Å². The van der Waals surface area contributed by atoms with E-state index in [4.69, 9.17) is 0 Å². The molecule has 1 aliphatic rings. The number of hydrogen-bond donors (Lipinski definition) is 0. The van der Waals surface area contributed by atoms with Gasteiger partial charge in [0.15, 0.2) is 0 Å². The van der Waals surface area contributed by atoms with Gasteiger partial charge in [0, 0.05) is 31.5 Å². The van der Waals surface area contributed by atoms with E-state index in [1.165, 1.54) is 0 Å². The molecule has 0 aromatic carbocycles. The van der Waals surface area contributed by atoms with Gasteiger partial charge in [-0.15, -0.1) is 0 Å². The Balaban J connectivity index is 2.50. The van der Waals surface area contributed by atoms with Crippen LogP contribution in [-0.2, 0) is 4.79 Å². The molecule has 0 aromatic rings. The highest BCUT2D eigenvalue weighted by Gasteiger charge is 2.27. The fourth-order valence-electron chi connectivity index (χ4n) is 1.84. The van der Waals surface area contributed by atoms with Crippen molar-refractivity contribution in [3.63, 3.8) is 0 Å². The van der Waals surface area contributed by atoms with Crippen molar-refractivity contribution in [2.45, 2.75) is 40.2 Å². The Kier molecular flexibility index (Phi) is 3.48. The van der Waals surface area contributed by atoms with Crippen molar-refractivity contribution in [3.05, 3.63) is 0 Å². The number of carbonyl (C=O) groups excluding carboxylic acids is 1. The SMILES string of the molecule is CC1CN(C(C)C(C)C)CCC1=O. The van der Waals surface area contributed by atoms with Crippen molar-refractivity contribution in [1.82, 2.24) is 4.90 Å². The van der Waals surface area contributed by atoms with Crippen molar-refractivity contribution >= 4 is 5.78 Å². The summed E-state index contributed by atoms with van der Waals surface area (Å²) in [5.74, 6) is 1.36. The third-order valence-electron chi connectivity index (χ3n) is 3.24. The average Bonchev–Trinajstić information content (AvgIpc) is 2.08. The maximum absolute atomic E-state index is 11.3.